The molecule has 0 aliphatic carbocycles. The summed E-state index contributed by atoms with van der Waals surface area (Å²) in [4.78, 5) is 23.2. The van der Waals surface area contributed by atoms with Crippen LogP contribution in [0.2, 0.25) is 0 Å². The van der Waals surface area contributed by atoms with E-state index in [1.54, 1.807) is 31.2 Å². The monoisotopic (exact) mass is 380 g/mol. The zero-order chi connectivity index (χ0) is 19.6. The van der Waals surface area contributed by atoms with Gasteiger partial charge in [0, 0.05) is 25.8 Å². The summed E-state index contributed by atoms with van der Waals surface area (Å²) >= 11 is 0. The summed E-state index contributed by atoms with van der Waals surface area (Å²) in [5.41, 5.74) is 1.03. The van der Waals surface area contributed by atoms with Crippen LogP contribution >= 0.6 is 0 Å². The Morgan fingerprint density at radius 3 is 2.27 bits per heavy atom. The third-order valence-corrected chi connectivity index (χ3v) is 5.82. The summed E-state index contributed by atoms with van der Waals surface area (Å²) in [6.07, 6.45) is 0. The molecule has 0 aliphatic rings. The van der Waals surface area contributed by atoms with Crippen molar-refractivity contribution in [3.63, 3.8) is 0 Å². The molecule has 8 nitrogen and oxygen atoms in total. The lowest BCUT2D eigenvalue weighted by Gasteiger charge is -2.09. The van der Waals surface area contributed by atoms with Gasteiger partial charge in [-0.15, -0.1) is 0 Å². The third-order valence-electron chi connectivity index (χ3n) is 3.89. The average Bonchev–Trinajstić information content (AvgIpc) is 2.97. The fourth-order valence-corrected chi connectivity index (χ4v) is 3.27. The molecular formula is C17H20N2O6S. The van der Waals surface area contributed by atoms with Crippen molar-refractivity contribution in [2.24, 2.45) is 0 Å². The standard InChI is InChI=1S/C17H20N2O6S/c1-10(17(21)22)12-5-7-13(8-6-12)18-16(20)14-9-15(11(2)25-14)26(23,24)19(3)4/h5-10H,1-4H3,(H,18,20)(H,21,22). The highest BCUT2D eigenvalue weighted by atomic mass is 32.2. The molecule has 0 aliphatic heterocycles. The minimum atomic E-state index is -3.71. The number of hydrogen-bond donors (Lipinski definition) is 2. The lowest BCUT2D eigenvalue weighted by molar-refractivity contribution is -0.138. The maximum atomic E-state index is 12.3. The fourth-order valence-electron chi connectivity index (χ4n) is 2.22. The number of carboxylic acid groups (broad SMARTS) is 1. The van der Waals surface area contributed by atoms with Crippen molar-refractivity contribution < 1.29 is 27.5 Å². The number of anilines is 1. The number of carbonyl (C=O) groups is 2. The van der Waals surface area contributed by atoms with Gasteiger partial charge in [0.15, 0.2) is 5.76 Å². The van der Waals surface area contributed by atoms with E-state index in [0.29, 0.717) is 11.3 Å². The SMILES string of the molecule is Cc1oc(C(=O)Nc2ccc(C(C)C(=O)O)cc2)cc1S(=O)(=O)N(C)C. The normalized spacial score (nSPS) is 12.8. The van der Waals surface area contributed by atoms with Crippen LogP contribution in [-0.4, -0.2) is 43.8 Å². The first-order valence-electron chi connectivity index (χ1n) is 7.71. The van der Waals surface area contributed by atoms with Crippen LogP contribution in [0.1, 0.15) is 34.7 Å². The van der Waals surface area contributed by atoms with Crippen molar-refractivity contribution in [3.05, 3.63) is 47.4 Å². The molecule has 1 atom stereocenters. The van der Waals surface area contributed by atoms with Crippen LogP contribution in [0.3, 0.4) is 0 Å². The highest BCUT2D eigenvalue weighted by Gasteiger charge is 2.26. The van der Waals surface area contributed by atoms with Gasteiger partial charge in [0.1, 0.15) is 10.7 Å². The van der Waals surface area contributed by atoms with Crippen molar-refractivity contribution in [1.29, 1.82) is 0 Å². The Hall–Kier alpha value is -2.65. The number of benzene rings is 1. The minimum Gasteiger partial charge on any atom is -0.481 e. The van der Waals surface area contributed by atoms with Gasteiger partial charge in [-0.1, -0.05) is 12.1 Å². The number of nitrogens with one attached hydrogen (secondary N) is 1. The second kappa shape index (κ2) is 7.30. The van der Waals surface area contributed by atoms with Crippen molar-refractivity contribution in [2.75, 3.05) is 19.4 Å². The predicted octanol–water partition coefficient (Wildman–Crippen LogP) is 2.28. The van der Waals surface area contributed by atoms with Gasteiger partial charge in [0.2, 0.25) is 10.0 Å². The van der Waals surface area contributed by atoms with Gasteiger partial charge in [-0.2, -0.15) is 0 Å². The van der Waals surface area contributed by atoms with Crippen molar-refractivity contribution in [1.82, 2.24) is 4.31 Å². The fraction of sp³-hybridized carbons (Fsp3) is 0.294. The van der Waals surface area contributed by atoms with Crippen molar-refractivity contribution >= 4 is 27.6 Å². The first-order valence-corrected chi connectivity index (χ1v) is 9.15. The molecule has 1 heterocycles. The van der Waals surface area contributed by atoms with E-state index < -0.39 is 27.8 Å². The molecule has 26 heavy (non-hydrogen) atoms. The minimum absolute atomic E-state index is 0.0710. The summed E-state index contributed by atoms with van der Waals surface area (Å²) in [5, 5.41) is 11.6. The van der Waals surface area contributed by atoms with E-state index in [0.717, 1.165) is 4.31 Å². The maximum absolute atomic E-state index is 12.3. The predicted molar refractivity (Wildman–Crippen MR) is 94.8 cm³/mol. The largest absolute Gasteiger partial charge is 0.481 e. The highest BCUT2D eigenvalue weighted by Crippen LogP contribution is 2.24. The summed E-state index contributed by atoms with van der Waals surface area (Å²) < 4.78 is 30.7. The van der Waals surface area contributed by atoms with Gasteiger partial charge in [0.05, 0.1) is 5.92 Å². The topological polar surface area (TPSA) is 117 Å². The average molecular weight is 380 g/mol. The summed E-state index contributed by atoms with van der Waals surface area (Å²) in [6, 6.07) is 7.52. The smallest absolute Gasteiger partial charge is 0.310 e. The molecule has 1 aromatic heterocycles. The van der Waals surface area contributed by atoms with Gasteiger partial charge < -0.3 is 14.8 Å². The van der Waals surface area contributed by atoms with E-state index in [1.165, 1.54) is 27.1 Å². The molecule has 2 aromatic rings. The Morgan fingerprint density at radius 2 is 1.77 bits per heavy atom. The number of rotatable bonds is 6. The molecule has 1 amide bonds. The van der Waals surface area contributed by atoms with Gasteiger partial charge in [-0.25, -0.2) is 12.7 Å². The number of hydrogen-bond acceptors (Lipinski definition) is 5. The Morgan fingerprint density at radius 1 is 1.19 bits per heavy atom. The molecule has 0 radical (unpaired) electrons. The molecule has 140 valence electrons. The van der Waals surface area contributed by atoms with Crippen LogP contribution in [0.15, 0.2) is 39.6 Å². The number of nitrogens with zero attached hydrogens (tertiary/aromatic N) is 1. The second-order valence-corrected chi connectivity index (χ2v) is 8.07. The Bertz CT molecular complexity index is 929. The van der Waals surface area contributed by atoms with Crippen LogP contribution in [-0.2, 0) is 14.8 Å². The van der Waals surface area contributed by atoms with Gasteiger partial charge in [0.25, 0.3) is 5.91 Å². The Labute approximate surface area is 151 Å². The van der Waals surface area contributed by atoms with E-state index in [4.69, 9.17) is 9.52 Å². The van der Waals surface area contributed by atoms with Crippen LogP contribution in [0.4, 0.5) is 5.69 Å². The molecule has 0 spiro atoms. The number of carboxylic acids is 1. The molecule has 2 N–H and O–H groups in total. The van der Waals surface area contributed by atoms with Gasteiger partial charge in [-0.3, -0.25) is 9.59 Å². The van der Waals surface area contributed by atoms with Gasteiger partial charge in [-0.05, 0) is 31.5 Å². The van der Waals surface area contributed by atoms with E-state index in [9.17, 15) is 18.0 Å². The molecule has 0 saturated carbocycles. The van der Waals surface area contributed by atoms with Crippen LogP contribution in [0.5, 0.6) is 0 Å². The number of furan rings is 1. The zero-order valence-corrected chi connectivity index (χ0v) is 15.6. The zero-order valence-electron chi connectivity index (χ0n) is 14.8. The van der Waals surface area contributed by atoms with Crippen LogP contribution in [0.25, 0.3) is 0 Å². The molecule has 1 aromatic carbocycles. The highest BCUT2D eigenvalue weighted by molar-refractivity contribution is 7.89. The van der Waals surface area contributed by atoms with Crippen molar-refractivity contribution in [3.8, 4) is 0 Å². The molecule has 0 bridgehead atoms. The molecule has 9 heteroatoms. The van der Waals surface area contributed by atoms with Crippen LogP contribution < -0.4 is 5.32 Å². The Balaban J connectivity index is 2.20. The second-order valence-electron chi connectivity index (χ2n) is 5.95. The third kappa shape index (κ3) is 3.94. The summed E-state index contributed by atoms with van der Waals surface area (Å²) in [7, 11) is -0.932. The molecule has 2 rings (SSSR count). The number of aliphatic carboxylic acids is 1. The number of sulfonamides is 1. The lowest BCUT2D eigenvalue weighted by Crippen LogP contribution is -2.22. The maximum Gasteiger partial charge on any atom is 0.310 e. The molecule has 1 unspecified atom stereocenters. The van der Waals surface area contributed by atoms with Crippen molar-refractivity contribution in [2.45, 2.75) is 24.7 Å². The molecule has 0 fully saturated rings. The molecular weight excluding hydrogens is 360 g/mol. The summed E-state index contributed by atoms with van der Waals surface area (Å²) in [5.74, 6) is -2.22. The first kappa shape index (κ1) is 19.7. The molecule has 0 saturated heterocycles. The van der Waals surface area contributed by atoms with Crippen LogP contribution in [0, 0.1) is 6.92 Å². The Kier molecular flexibility index (Phi) is 5.53. The van der Waals surface area contributed by atoms with E-state index in [1.807, 2.05) is 0 Å². The quantitative estimate of drug-likeness (QED) is 0.794. The number of carbonyl (C=O) groups excluding carboxylic acids is 1. The number of aryl methyl sites for hydroxylation is 1. The lowest BCUT2D eigenvalue weighted by atomic mass is 10.0. The van der Waals surface area contributed by atoms with E-state index in [-0.39, 0.29) is 16.4 Å². The van der Waals surface area contributed by atoms with Gasteiger partial charge >= 0.3 is 5.97 Å². The van der Waals surface area contributed by atoms with E-state index in [2.05, 4.69) is 5.32 Å². The first-order chi connectivity index (χ1) is 12.0. The number of amides is 1. The van der Waals surface area contributed by atoms with E-state index >= 15 is 0 Å². The summed E-state index contributed by atoms with van der Waals surface area (Å²) in [6.45, 7) is 3.03.